The van der Waals surface area contributed by atoms with Crippen LogP contribution in [0, 0.1) is 0 Å². The van der Waals surface area contributed by atoms with Crippen LogP contribution < -0.4 is 0 Å². The van der Waals surface area contributed by atoms with Gasteiger partial charge in [-0.15, -0.1) is 0 Å². The number of rotatable bonds is 3. The second kappa shape index (κ2) is 7.81. The normalized spacial score (nSPS) is 13.1. The summed E-state index contributed by atoms with van der Waals surface area (Å²) >= 11 is 0. The summed E-state index contributed by atoms with van der Waals surface area (Å²) < 4.78 is 17.1. The van der Waals surface area contributed by atoms with Gasteiger partial charge in [0.1, 0.15) is 11.2 Å². The summed E-state index contributed by atoms with van der Waals surface area (Å²) in [6, 6.07) is 26.8. The molecule has 0 spiro atoms. The Kier molecular flexibility index (Phi) is 4.56. The lowest BCUT2D eigenvalue weighted by Gasteiger charge is -2.17. The smallest absolute Gasteiger partial charge is 0.178 e. The average molecular weight is 461 g/mol. The molecule has 0 aliphatic carbocycles. The van der Waals surface area contributed by atoms with Gasteiger partial charge in [-0.05, 0) is 47.9 Å². The number of para-hydroxylation sites is 2. The van der Waals surface area contributed by atoms with E-state index in [-0.39, 0.29) is 5.41 Å². The van der Waals surface area contributed by atoms with E-state index in [4.69, 9.17) is 15.8 Å². The first-order valence-electron chi connectivity index (χ1n) is 12.5. The summed E-state index contributed by atoms with van der Waals surface area (Å²) in [6.45, 7) is 10.3. The summed E-state index contributed by atoms with van der Waals surface area (Å²) in [4.78, 5) is 10.0. The molecule has 4 heteroatoms. The molecule has 0 fully saturated rings. The maximum Gasteiger partial charge on any atom is 0.178 e. The van der Waals surface area contributed by atoms with Gasteiger partial charge in [0.2, 0.25) is 0 Å². The third kappa shape index (κ3) is 3.52. The van der Waals surface area contributed by atoms with Crippen LogP contribution in [0.3, 0.4) is 0 Å². The van der Waals surface area contributed by atoms with Gasteiger partial charge in [0.05, 0.1) is 11.1 Å². The Morgan fingerprint density at radius 3 is 2.40 bits per heavy atom. The topological polar surface area (TPSA) is 43.9 Å². The molecular weight excluding hydrogens is 430 g/mol. The van der Waals surface area contributed by atoms with E-state index in [1.54, 1.807) is 0 Å². The van der Waals surface area contributed by atoms with Crippen LogP contribution in [0.25, 0.3) is 50.2 Å². The van der Waals surface area contributed by atoms with Crippen molar-refractivity contribution in [3.8, 4) is 17.1 Å². The van der Waals surface area contributed by atoms with E-state index in [1.807, 2.05) is 44.2 Å². The van der Waals surface area contributed by atoms with E-state index >= 15 is 0 Å². The standard InChI is InChI=1S/C31H29N3O/c1-19(2)20-14-15-22-23-12-9-13-24(28(23)35-26(22)18-20)30-33-29-25(16-17-27(32-29)31(3,4)5)34(30)21-10-7-6-8-11-21/h6-19H,1-5H3/i19D. The molecule has 0 radical (unpaired) electrons. The number of aromatic nitrogens is 3. The van der Waals surface area contributed by atoms with Crippen molar-refractivity contribution in [1.29, 1.82) is 0 Å². The van der Waals surface area contributed by atoms with Crippen LogP contribution >= 0.6 is 0 Å². The lowest BCUT2D eigenvalue weighted by atomic mass is 9.92. The van der Waals surface area contributed by atoms with Gasteiger partial charge in [0, 0.05) is 28.9 Å². The minimum absolute atomic E-state index is 0.0764. The maximum absolute atomic E-state index is 8.44. The highest BCUT2D eigenvalue weighted by Crippen LogP contribution is 2.38. The number of benzene rings is 3. The third-order valence-electron chi connectivity index (χ3n) is 6.62. The quantitative estimate of drug-likeness (QED) is 0.266. The number of furan rings is 1. The van der Waals surface area contributed by atoms with Gasteiger partial charge in [-0.2, -0.15) is 0 Å². The van der Waals surface area contributed by atoms with E-state index in [2.05, 4.69) is 73.9 Å². The Morgan fingerprint density at radius 2 is 1.66 bits per heavy atom. The molecule has 0 aliphatic heterocycles. The molecule has 0 bridgehead atoms. The van der Waals surface area contributed by atoms with E-state index in [1.165, 1.54) is 0 Å². The Labute approximate surface area is 206 Å². The fraction of sp³-hybridized carbons (Fsp3) is 0.226. The molecule has 0 unspecified atom stereocenters. The highest BCUT2D eigenvalue weighted by Gasteiger charge is 2.22. The molecule has 0 N–H and O–H groups in total. The van der Waals surface area contributed by atoms with Gasteiger partial charge < -0.3 is 4.42 Å². The molecule has 4 nitrogen and oxygen atoms in total. The minimum atomic E-state index is -0.701. The Morgan fingerprint density at radius 1 is 0.857 bits per heavy atom. The number of nitrogens with zero attached hydrogens (tertiary/aromatic N) is 3. The van der Waals surface area contributed by atoms with E-state index in [9.17, 15) is 0 Å². The van der Waals surface area contributed by atoms with Crippen LogP contribution in [-0.2, 0) is 5.41 Å². The van der Waals surface area contributed by atoms with E-state index in [0.717, 1.165) is 55.8 Å². The van der Waals surface area contributed by atoms with Crippen LogP contribution in [0.4, 0.5) is 0 Å². The maximum atomic E-state index is 8.44. The van der Waals surface area contributed by atoms with Crippen molar-refractivity contribution in [2.45, 2.75) is 45.9 Å². The zero-order chi connectivity index (χ0) is 25.2. The predicted molar refractivity (Wildman–Crippen MR) is 144 cm³/mol. The first kappa shape index (κ1) is 20.5. The monoisotopic (exact) mass is 460 g/mol. The molecule has 0 saturated carbocycles. The van der Waals surface area contributed by atoms with Crippen molar-refractivity contribution >= 4 is 33.1 Å². The Hall–Kier alpha value is -3.92. The molecule has 35 heavy (non-hydrogen) atoms. The first-order chi connectivity index (χ1) is 17.1. The van der Waals surface area contributed by atoms with Crippen LogP contribution in [-0.4, -0.2) is 14.5 Å². The number of hydrogen-bond acceptors (Lipinski definition) is 3. The summed E-state index contributed by atoms with van der Waals surface area (Å²) in [5.41, 5.74) is 7.02. The molecule has 3 aromatic carbocycles. The second-order valence-corrected chi connectivity index (χ2v) is 10.4. The first-order valence-corrected chi connectivity index (χ1v) is 12.0. The van der Waals surface area contributed by atoms with Crippen LogP contribution in [0.5, 0.6) is 0 Å². The molecule has 0 amide bonds. The lowest BCUT2D eigenvalue weighted by molar-refractivity contribution is 0.571. The Bertz CT molecular complexity index is 1750. The highest BCUT2D eigenvalue weighted by molar-refractivity contribution is 6.09. The second-order valence-electron chi connectivity index (χ2n) is 10.4. The largest absolute Gasteiger partial charge is 0.455 e. The molecule has 0 saturated heterocycles. The zero-order valence-corrected chi connectivity index (χ0v) is 20.8. The molecule has 6 rings (SSSR count). The highest BCUT2D eigenvalue weighted by atomic mass is 16.3. The summed E-state index contributed by atoms with van der Waals surface area (Å²) in [5, 5.41) is 2.07. The fourth-order valence-electron chi connectivity index (χ4n) is 4.68. The van der Waals surface area contributed by atoms with Gasteiger partial charge in [-0.25, -0.2) is 9.97 Å². The summed E-state index contributed by atoms with van der Waals surface area (Å²) in [7, 11) is 0. The summed E-state index contributed by atoms with van der Waals surface area (Å²) in [5.74, 6) is 0.0914. The molecule has 3 aromatic heterocycles. The molecule has 0 atom stereocenters. The number of imidazole rings is 1. The number of fused-ring (bicyclic) bond motifs is 4. The molecule has 3 heterocycles. The number of pyridine rings is 1. The van der Waals surface area contributed by atoms with Gasteiger partial charge in [-0.1, -0.05) is 77.1 Å². The van der Waals surface area contributed by atoms with Crippen molar-refractivity contribution in [3.05, 3.63) is 90.1 Å². The molecular formula is C31H29N3O. The molecule has 0 aliphatic rings. The average Bonchev–Trinajstić information content (AvgIpc) is 3.41. The van der Waals surface area contributed by atoms with Crippen molar-refractivity contribution < 1.29 is 5.79 Å². The van der Waals surface area contributed by atoms with Crippen LogP contribution in [0.2, 0.25) is 0 Å². The van der Waals surface area contributed by atoms with Crippen molar-refractivity contribution in [3.63, 3.8) is 0 Å². The van der Waals surface area contributed by atoms with Crippen molar-refractivity contribution in [1.82, 2.24) is 14.5 Å². The molecule has 6 aromatic rings. The van der Waals surface area contributed by atoms with Crippen molar-refractivity contribution in [2.24, 2.45) is 0 Å². The van der Waals surface area contributed by atoms with Gasteiger partial charge in [0.25, 0.3) is 0 Å². The van der Waals surface area contributed by atoms with Crippen LogP contribution in [0.1, 0.15) is 53.1 Å². The minimum Gasteiger partial charge on any atom is -0.455 e. The van der Waals surface area contributed by atoms with Crippen molar-refractivity contribution in [2.75, 3.05) is 0 Å². The van der Waals surface area contributed by atoms with Gasteiger partial charge in [-0.3, -0.25) is 4.57 Å². The molecule has 174 valence electrons. The number of hydrogen-bond donors (Lipinski definition) is 0. The van der Waals surface area contributed by atoms with Gasteiger partial charge in [0.15, 0.2) is 11.5 Å². The van der Waals surface area contributed by atoms with E-state index in [0.29, 0.717) is 5.65 Å². The fourth-order valence-corrected chi connectivity index (χ4v) is 4.68. The van der Waals surface area contributed by atoms with Crippen LogP contribution in [0.15, 0.2) is 83.3 Å². The van der Waals surface area contributed by atoms with Gasteiger partial charge >= 0.3 is 0 Å². The zero-order valence-electron chi connectivity index (χ0n) is 21.8. The lowest BCUT2D eigenvalue weighted by Crippen LogP contribution is -2.13. The van der Waals surface area contributed by atoms with E-state index < -0.39 is 5.89 Å². The SMILES string of the molecule is [2H]C(C)(C)c1ccc2c(c1)oc1c(-c3nc4nc(C(C)(C)C)ccc4n3-c3ccccc3)cccc12. The third-order valence-corrected chi connectivity index (χ3v) is 6.62. The summed E-state index contributed by atoms with van der Waals surface area (Å²) in [6.07, 6.45) is 0. The Balaban J connectivity index is 1.66. The predicted octanol–water partition coefficient (Wildman–Crippen LogP) is 8.41.